The zero-order valence-electron chi connectivity index (χ0n) is 14.3. The van der Waals surface area contributed by atoms with Crippen molar-refractivity contribution in [1.29, 1.82) is 0 Å². The Balaban J connectivity index is 2.28. The van der Waals surface area contributed by atoms with E-state index in [0.717, 1.165) is 6.42 Å². The first kappa shape index (κ1) is 15.6. The van der Waals surface area contributed by atoms with E-state index in [0.29, 0.717) is 0 Å². The normalized spacial score (nSPS) is 10.7. The van der Waals surface area contributed by atoms with Crippen LogP contribution in [0.3, 0.4) is 0 Å². The molecule has 3 aromatic carbocycles. The second-order valence-electron chi connectivity index (χ2n) is 6.19. The highest BCUT2D eigenvalue weighted by molar-refractivity contribution is 5.81. The monoisotopic (exact) mass is 300 g/mol. The van der Waals surface area contributed by atoms with Gasteiger partial charge in [-0.2, -0.15) is 0 Å². The Bertz CT molecular complexity index is 783. The molecule has 0 spiro atoms. The minimum Gasteiger partial charge on any atom is -0.0651 e. The van der Waals surface area contributed by atoms with E-state index in [1.54, 1.807) is 0 Å². The third kappa shape index (κ3) is 3.07. The Morgan fingerprint density at radius 2 is 1.26 bits per heavy atom. The first-order chi connectivity index (χ1) is 11.2. The molecule has 0 amide bonds. The van der Waals surface area contributed by atoms with Gasteiger partial charge < -0.3 is 0 Å². The van der Waals surface area contributed by atoms with Crippen molar-refractivity contribution < 1.29 is 0 Å². The third-order valence-corrected chi connectivity index (χ3v) is 4.62. The maximum absolute atomic E-state index is 2.40. The van der Waals surface area contributed by atoms with Crippen molar-refractivity contribution in [1.82, 2.24) is 0 Å². The van der Waals surface area contributed by atoms with Crippen LogP contribution >= 0.6 is 0 Å². The zero-order valence-corrected chi connectivity index (χ0v) is 14.3. The Hall–Kier alpha value is -2.34. The summed E-state index contributed by atoms with van der Waals surface area (Å²) < 4.78 is 0. The molecule has 0 fully saturated rings. The summed E-state index contributed by atoms with van der Waals surface area (Å²) in [6.07, 6.45) is 2.30. The maximum Gasteiger partial charge on any atom is -0.0116 e. The molecule has 23 heavy (non-hydrogen) atoms. The van der Waals surface area contributed by atoms with E-state index in [-0.39, 0.29) is 0 Å². The molecule has 0 heterocycles. The highest BCUT2D eigenvalue weighted by Crippen LogP contribution is 2.36. The average molecular weight is 300 g/mol. The SMILES string of the molecule is CCCc1cc(-c2ccccc2)c(C)c(-c2ccccc2)c1C. The van der Waals surface area contributed by atoms with Gasteiger partial charge in [0.05, 0.1) is 0 Å². The summed E-state index contributed by atoms with van der Waals surface area (Å²) in [5, 5.41) is 0. The molecule has 3 aromatic rings. The van der Waals surface area contributed by atoms with Crippen molar-refractivity contribution >= 4 is 0 Å². The number of aryl methyl sites for hydroxylation is 1. The lowest BCUT2D eigenvalue weighted by Crippen LogP contribution is -1.98. The predicted molar refractivity (Wildman–Crippen MR) is 101 cm³/mol. The van der Waals surface area contributed by atoms with Gasteiger partial charge in [-0.25, -0.2) is 0 Å². The van der Waals surface area contributed by atoms with Gasteiger partial charge in [0.15, 0.2) is 0 Å². The molecule has 0 aliphatic rings. The van der Waals surface area contributed by atoms with E-state index in [4.69, 9.17) is 0 Å². The van der Waals surface area contributed by atoms with E-state index in [1.807, 2.05) is 0 Å². The van der Waals surface area contributed by atoms with Gasteiger partial charge >= 0.3 is 0 Å². The Morgan fingerprint density at radius 3 is 1.83 bits per heavy atom. The number of rotatable bonds is 4. The number of hydrogen-bond donors (Lipinski definition) is 0. The maximum atomic E-state index is 2.40. The van der Waals surface area contributed by atoms with Crippen molar-refractivity contribution in [2.24, 2.45) is 0 Å². The van der Waals surface area contributed by atoms with Crippen LogP contribution in [0.1, 0.15) is 30.0 Å². The van der Waals surface area contributed by atoms with Gasteiger partial charge in [-0.05, 0) is 59.2 Å². The average Bonchev–Trinajstić information content (AvgIpc) is 2.59. The topological polar surface area (TPSA) is 0 Å². The summed E-state index contributed by atoms with van der Waals surface area (Å²) in [6.45, 7) is 6.78. The molecular formula is C23H24. The molecule has 3 rings (SSSR count). The van der Waals surface area contributed by atoms with Crippen LogP contribution in [0, 0.1) is 13.8 Å². The Morgan fingerprint density at radius 1 is 0.696 bits per heavy atom. The minimum atomic E-state index is 1.13. The van der Waals surface area contributed by atoms with Crippen LogP contribution in [-0.2, 0) is 6.42 Å². The molecule has 0 aromatic heterocycles. The molecule has 0 aliphatic heterocycles. The second kappa shape index (κ2) is 6.83. The summed E-state index contributed by atoms with van der Waals surface area (Å²) in [7, 11) is 0. The van der Waals surface area contributed by atoms with Crippen LogP contribution in [-0.4, -0.2) is 0 Å². The number of hydrogen-bond acceptors (Lipinski definition) is 0. The van der Waals surface area contributed by atoms with E-state index < -0.39 is 0 Å². The van der Waals surface area contributed by atoms with Gasteiger partial charge in [0.2, 0.25) is 0 Å². The van der Waals surface area contributed by atoms with Gasteiger partial charge in [-0.3, -0.25) is 0 Å². The molecule has 0 saturated carbocycles. The summed E-state index contributed by atoms with van der Waals surface area (Å²) in [4.78, 5) is 0. The second-order valence-corrected chi connectivity index (χ2v) is 6.19. The van der Waals surface area contributed by atoms with Crippen LogP contribution in [0.4, 0.5) is 0 Å². The van der Waals surface area contributed by atoms with Crippen molar-refractivity contribution in [2.45, 2.75) is 33.6 Å². The third-order valence-electron chi connectivity index (χ3n) is 4.62. The first-order valence-corrected chi connectivity index (χ1v) is 8.46. The van der Waals surface area contributed by atoms with Gasteiger partial charge in [0.1, 0.15) is 0 Å². The van der Waals surface area contributed by atoms with Crippen LogP contribution in [0.25, 0.3) is 22.3 Å². The van der Waals surface area contributed by atoms with E-state index >= 15 is 0 Å². The summed E-state index contributed by atoms with van der Waals surface area (Å²) in [6, 6.07) is 23.9. The fourth-order valence-electron chi connectivity index (χ4n) is 3.45. The van der Waals surface area contributed by atoms with E-state index in [9.17, 15) is 0 Å². The fourth-order valence-corrected chi connectivity index (χ4v) is 3.45. The Kier molecular flexibility index (Phi) is 4.62. The quantitative estimate of drug-likeness (QED) is 0.510. The summed E-state index contributed by atoms with van der Waals surface area (Å²) >= 11 is 0. The predicted octanol–water partition coefficient (Wildman–Crippen LogP) is 6.59. The van der Waals surface area contributed by atoms with E-state index in [1.165, 1.54) is 45.4 Å². The molecule has 116 valence electrons. The minimum absolute atomic E-state index is 1.13. The molecule has 0 nitrogen and oxygen atoms in total. The molecular weight excluding hydrogens is 276 g/mol. The first-order valence-electron chi connectivity index (χ1n) is 8.46. The standard InChI is InChI=1S/C23H24/c1-4-11-21-16-22(19-12-7-5-8-13-19)18(3)23(17(21)2)20-14-9-6-10-15-20/h5-10,12-16H,4,11H2,1-3H3. The Labute approximate surface area is 139 Å². The highest BCUT2D eigenvalue weighted by Gasteiger charge is 2.14. The van der Waals surface area contributed by atoms with Gasteiger partial charge in [-0.15, -0.1) is 0 Å². The van der Waals surface area contributed by atoms with Gasteiger partial charge in [-0.1, -0.05) is 80.1 Å². The van der Waals surface area contributed by atoms with Crippen LogP contribution < -0.4 is 0 Å². The zero-order chi connectivity index (χ0) is 16.2. The smallest absolute Gasteiger partial charge is 0.0116 e. The molecule has 0 bridgehead atoms. The molecule has 0 radical (unpaired) electrons. The summed E-state index contributed by atoms with van der Waals surface area (Å²) in [5.74, 6) is 0. The lowest BCUT2D eigenvalue weighted by atomic mass is 9.85. The van der Waals surface area contributed by atoms with Crippen LogP contribution in [0.15, 0.2) is 66.7 Å². The van der Waals surface area contributed by atoms with Crippen LogP contribution in [0.5, 0.6) is 0 Å². The fraction of sp³-hybridized carbons (Fsp3) is 0.217. The molecule has 0 N–H and O–H groups in total. The summed E-state index contributed by atoms with van der Waals surface area (Å²) in [5.41, 5.74) is 9.65. The van der Waals surface area contributed by atoms with Gasteiger partial charge in [0.25, 0.3) is 0 Å². The molecule has 0 atom stereocenters. The van der Waals surface area contributed by atoms with Crippen molar-refractivity contribution in [2.75, 3.05) is 0 Å². The lowest BCUT2D eigenvalue weighted by molar-refractivity contribution is 0.913. The number of benzene rings is 3. The molecule has 0 heteroatoms. The largest absolute Gasteiger partial charge is 0.0651 e. The van der Waals surface area contributed by atoms with Gasteiger partial charge in [0, 0.05) is 0 Å². The molecule has 0 saturated heterocycles. The molecule has 0 aliphatic carbocycles. The van der Waals surface area contributed by atoms with Crippen molar-refractivity contribution in [3.8, 4) is 22.3 Å². The highest BCUT2D eigenvalue weighted by atomic mass is 14.2. The van der Waals surface area contributed by atoms with E-state index in [2.05, 4.69) is 87.5 Å². The lowest BCUT2D eigenvalue weighted by Gasteiger charge is -2.19. The van der Waals surface area contributed by atoms with Crippen LogP contribution in [0.2, 0.25) is 0 Å². The van der Waals surface area contributed by atoms with Crippen molar-refractivity contribution in [3.63, 3.8) is 0 Å². The molecule has 0 unspecified atom stereocenters. The van der Waals surface area contributed by atoms with Crippen molar-refractivity contribution in [3.05, 3.63) is 83.4 Å².